The molecule has 0 aromatic carbocycles. The summed E-state index contributed by atoms with van der Waals surface area (Å²) in [5.41, 5.74) is 8.00. The molecule has 0 fully saturated rings. The topological polar surface area (TPSA) is 74.9 Å². The fraction of sp³-hybridized carbons (Fsp3) is 0.250. The van der Waals surface area contributed by atoms with Crippen LogP contribution in [0, 0.1) is 0 Å². The Balaban J connectivity index is 3.12. The molecule has 0 saturated carbocycles. The van der Waals surface area contributed by atoms with Gasteiger partial charge in [0.15, 0.2) is 0 Å². The molecule has 4 heteroatoms. The van der Waals surface area contributed by atoms with Crippen molar-refractivity contribution in [3.63, 3.8) is 0 Å². The van der Waals surface area contributed by atoms with Crippen LogP contribution in [0.15, 0.2) is 48.6 Å². The third-order valence-corrected chi connectivity index (χ3v) is 2.49. The molecule has 0 bridgehead atoms. The van der Waals surface area contributed by atoms with E-state index in [0.29, 0.717) is 0 Å². The molecular formula is C12H17N3O. The third kappa shape index (κ3) is 2.61. The van der Waals surface area contributed by atoms with E-state index in [1.165, 1.54) is 6.20 Å². The molecule has 0 aliphatic heterocycles. The van der Waals surface area contributed by atoms with E-state index in [-0.39, 0.29) is 12.5 Å². The van der Waals surface area contributed by atoms with Crippen LogP contribution in [0.5, 0.6) is 0 Å². The quantitative estimate of drug-likeness (QED) is 0.656. The van der Waals surface area contributed by atoms with E-state index < -0.39 is 0 Å². The maximum absolute atomic E-state index is 9.24. The minimum Gasteiger partial charge on any atom is -0.405 e. The van der Waals surface area contributed by atoms with E-state index in [0.717, 1.165) is 16.8 Å². The molecule has 4 N–H and O–H groups in total. The first-order chi connectivity index (χ1) is 7.74. The van der Waals surface area contributed by atoms with Gasteiger partial charge in [0.25, 0.3) is 0 Å². The number of nitrogens with one attached hydrogen (secondary N) is 1. The zero-order valence-electron chi connectivity index (χ0n) is 9.35. The lowest BCUT2D eigenvalue weighted by Crippen LogP contribution is -2.03. The first-order valence-electron chi connectivity index (χ1n) is 5.07. The lowest BCUT2D eigenvalue weighted by molar-refractivity contribution is 0.333. The molecule has 0 amide bonds. The lowest BCUT2D eigenvalue weighted by atomic mass is 9.93. The highest BCUT2D eigenvalue weighted by molar-refractivity contribution is 5.39. The number of allylic oxidation sites excluding steroid dienone is 2. The van der Waals surface area contributed by atoms with Crippen LogP contribution in [0.4, 0.5) is 0 Å². The van der Waals surface area contributed by atoms with Crippen LogP contribution in [0.25, 0.3) is 0 Å². The molecule has 0 aliphatic carbocycles. The van der Waals surface area contributed by atoms with Gasteiger partial charge in [-0.2, -0.15) is 0 Å². The number of H-pyrrole nitrogens is 1. The molecule has 1 unspecified atom stereocenters. The van der Waals surface area contributed by atoms with Crippen molar-refractivity contribution >= 4 is 0 Å². The van der Waals surface area contributed by atoms with Crippen LogP contribution < -0.4 is 5.73 Å². The van der Waals surface area contributed by atoms with Gasteiger partial charge in [-0.25, -0.2) is 4.98 Å². The number of rotatable bonds is 5. The Labute approximate surface area is 95.2 Å². The van der Waals surface area contributed by atoms with Gasteiger partial charge in [-0.05, 0) is 23.4 Å². The van der Waals surface area contributed by atoms with Gasteiger partial charge in [-0.1, -0.05) is 19.6 Å². The summed E-state index contributed by atoms with van der Waals surface area (Å²) < 4.78 is 0. The molecule has 1 atom stereocenters. The number of aromatic nitrogens is 2. The largest absolute Gasteiger partial charge is 0.405 e. The lowest BCUT2D eigenvalue weighted by Gasteiger charge is -2.13. The van der Waals surface area contributed by atoms with Gasteiger partial charge in [0.05, 0.1) is 18.6 Å². The summed E-state index contributed by atoms with van der Waals surface area (Å²) in [6.07, 6.45) is 8.32. The predicted molar refractivity (Wildman–Crippen MR) is 64.6 cm³/mol. The van der Waals surface area contributed by atoms with Crippen molar-refractivity contribution < 1.29 is 5.11 Å². The summed E-state index contributed by atoms with van der Waals surface area (Å²) in [5.74, 6) is 0.0613. The molecule has 0 aliphatic rings. The van der Waals surface area contributed by atoms with Crippen molar-refractivity contribution in [3.05, 3.63) is 54.3 Å². The van der Waals surface area contributed by atoms with E-state index >= 15 is 0 Å². The van der Waals surface area contributed by atoms with Crippen molar-refractivity contribution in [1.29, 1.82) is 0 Å². The van der Waals surface area contributed by atoms with Crippen LogP contribution in [0.1, 0.15) is 18.5 Å². The molecule has 1 aromatic rings. The standard InChI is InChI=1S/C12H17N3O/c1-3-10(7-16)11(4-5-13)9(2)12-6-14-8-15-12/h3-6,8-9,16H,1,7,13H2,2H3,(H,14,15)/b5-4-,11-10-. The molecule has 0 saturated heterocycles. The second-order valence-electron chi connectivity index (χ2n) is 3.42. The van der Waals surface area contributed by atoms with Crippen LogP contribution in [0.2, 0.25) is 0 Å². The van der Waals surface area contributed by atoms with Crippen molar-refractivity contribution in [2.75, 3.05) is 6.61 Å². The highest BCUT2D eigenvalue weighted by Crippen LogP contribution is 2.25. The van der Waals surface area contributed by atoms with Gasteiger partial charge in [-0.3, -0.25) is 0 Å². The molecule has 1 aromatic heterocycles. The number of nitrogens with zero attached hydrogens (tertiary/aromatic N) is 1. The average molecular weight is 219 g/mol. The van der Waals surface area contributed by atoms with E-state index in [2.05, 4.69) is 16.5 Å². The van der Waals surface area contributed by atoms with Gasteiger partial charge in [0.1, 0.15) is 0 Å². The summed E-state index contributed by atoms with van der Waals surface area (Å²) in [4.78, 5) is 7.10. The number of aliphatic hydroxyl groups is 1. The fourth-order valence-electron chi connectivity index (χ4n) is 1.57. The van der Waals surface area contributed by atoms with Crippen molar-refractivity contribution in [2.24, 2.45) is 5.73 Å². The highest BCUT2D eigenvalue weighted by Gasteiger charge is 2.13. The summed E-state index contributed by atoms with van der Waals surface area (Å²) in [6.45, 7) is 5.62. The number of imidazole rings is 1. The van der Waals surface area contributed by atoms with Crippen molar-refractivity contribution in [1.82, 2.24) is 9.97 Å². The normalized spacial score (nSPS) is 14.9. The first kappa shape index (κ1) is 12.3. The first-order valence-corrected chi connectivity index (χ1v) is 5.07. The Bertz CT molecular complexity index is 390. The fourth-order valence-corrected chi connectivity index (χ4v) is 1.57. The van der Waals surface area contributed by atoms with Gasteiger partial charge in [0.2, 0.25) is 0 Å². The number of hydrogen-bond donors (Lipinski definition) is 3. The maximum atomic E-state index is 9.24. The molecule has 16 heavy (non-hydrogen) atoms. The number of nitrogens with two attached hydrogens (primary N) is 1. The van der Waals surface area contributed by atoms with E-state index in [1.807, 2.05) is 13.1 Å². The minimum absolute atomic E-state index is 0.0576. The van der Waals surface area contributed by atoms with Gasteiger partial charge >= 0.3 is 0 Å². The Hall–Kier alpha value is -1.81. The van der Waals surface area contributed by atoms with E-state index in [4.69, 9.17) is 5.73 Å². The highest BCUT2D eigenvalue weighted by atomic mass is 16.3. The van der Waals surface area contributed by atoms with Crippen LogP contribution >= 0.6 is 0 Å². The maximum Gasteiger partial charge on any atom is 0.0923 e. The Morgan fingerprint density at radius 3 is 2.94 bits per heavy atom. The summed E-state index contributed by atoms with van der Waals surface area (Å²) in [7, 11) is 0. The monoisotopic (exact) mass is 219 g/mol. The molecule has 4 nitrogen and oxygen atoms in total. The molecule has 86 valence electrons. The third-order valence-electron chi connectivity index (χ3n) is 2.49. The van der Waals surface area contributed by atoms with Gasteiger partial charge in [0, 0.05) is 12.1 Å². The molecule has 1 heterocycles. The predicted octanol–water partition coefficient (Wildman–Crippen LogP) is 1.46. The molecule has 0 radical (unpaired) electrons. The van der Waals surface area contributed by atoms with Crippen molar-refractivity contribution in [3.8, 4) is 0 Å². The Morgan fingerprint density at radius 1 is 1.75 bits per heavy atom. The second-order valence-corrected chi connectivity index (χ2v) is 3.42. The van der Waals surface area contributed by atoms with Crippen LogP contribution in [-0.4, -0.2) is 21.7 Å². The SMILES string of the molecule is C=C/C(CO)=C(\C=C/N)C(C)c1c[nH]cn1. The minimum atomic E-state index is -0.0576. The van der Waals surface area contributed by atoms with Crippen LogP contribution in [-0.2, 0) is 0 Å². The van der Waals surface area contributed by atoms with E-state index in [9.17, 15) is 5.11 Å². The number of hydrogen-bond acceptors (Lipinski definition) is 3. The van der Waals surface area contributed by atoms with E-state index in [1.54, 1.807) is 18.5 Å². The molecule has 0 spiro atoms. The number of aliphatic hydroxyl groups excluding tert-OH is 1. The Morgan fingerprint density at radius 2 is 2.50 bits per heavy atom. The smallest absolute Gasteiger partial charge is 0.0923 e. The molecular weight excluding hydrogens is 202 g/mol. The number of aromatic amines is 1. The molecule has 1 rings (SSSR count). The zero-order chi connectivity index (χ0) is 12.0. The summed E-state index contributed by atoms with van der Waals surface area (Å²) in [5, 5.41) is 9.24. The summed E-state index contributed by atoms with van der Waals surface area (Å²) in [6, 6.07) is 0. The Kier molecular flexibility index (Phi) is 4.54. The van der Waals surface area contributed by atoms with Crippen LogP contribution in [0.3, 0.4) is 0 Å². The second kappa shape index (κ2) is 5.92. The van der Waals surface area contributed by atoms with Gasteiger partial charge < -0.3 is 15.8 Å². The summed E-state index contributed by atoms with van der Waals surface area (Å²) >= 11 is 0. The van der Waals surface area contributed by atoms with Gasteiger partial charge in [-0.15, -0.1) is 0 Å². The zero-order valence-corrected chi connectivity index (χ0v) is 9.35. The average Bonchev–Trinajstić information content (AvgIpc) is 2.82. The van der Waals surface area contributed by atoms with Crippen molar-refractivity contribution in [2.45, 2.75) is 12.8 Å².